The topological polar surface area (TPSA) is 25.4 Å². The van der Waals surface area contributed by atoms with Crippen molar-refractivity contribution in [2.45, 2.75) is 5.60 Å². The van der Waals surface area contributed by atoms with Gasteiger partial charge in [0, 0.05) is 18.0 Å². The summed E-state index contributed by atoms with van der Waals surface area (Å²) in [5, 5.41) is 0.642. The van der Waals surface area contributed by atoms with Gasteiger partial charge in [-0.1, -0.05) is 41.9 Å². The van der Waals surface area contributed by atoms with Crippen LogP contribution in [0.5, 0.6) is 0 Å². The summed E-state index contributed by atoms with van der Waals surface area (Å²) < 4.78 is 5.62. The lowest BCUT2D eigenvalue weighted by Crippen LogP contribution is -2.10. The van der Waals surface area contributed by atoms with Crippen molar-refractivity contribution < 1.29 is 4.74 Å². The summed E-state index contributed by atoms with van der Waals surface area (Å²) in [4.78, 5) is 4.10. The lowest BCUT2D eigenvalue weighted by Gasteiger charge is -2.12. The van der Waals surface area contributed by atoms with Gasteiger partial charge in [0.2, 0.25) is 0 Å². The Morgan fingerprint density at radius 3 is 2.50 bits per heavy atom. The molecule has 1 unspecified atom stereocenters. The zero-order chi connectivity index (χ0) is 11.0. The monoisotopic (exact) mass is 231 g/mol. The number of rotatable bonds is 2. The van der Waals surface area contributed by atoms with Gasteiger partial charge in [-0.25, -0.2) is 0 Å². The van der Waals surface area contributed by atoms with E-state index in [1.807, 2.05) is 30.5 Å². The Bertz CT molecular complexity index is 508. The van der Waals surface area contributed by atoms with E-state index < -0.39 is 0 Å². The number of benzene rings is 1. The predicted molar refractivity (Wildman–Crippen MR) is 62.4 cm³/mol. The molecular weight excluding hydrogens is 222 g/mol. The highest BCUT2D eigenvalue weighted by molar-refractivity contribution is 6.30. The second kappa shape index (κ2) is 3.58. The second-order valence-electron chi connectivity index (χ2n) is 3.87. The van der Waals surface area contributed by atoms with Crippen LogP contribution in [0.3, 0.4) is 0 Å². The first kappa shape index (κ1) is 9.82. The predicted octanol–water partition coefficient (Wildman–Crippen LogP) is 3.01. The number of aromatic nitrogens is 1. The van der Waals surface area contributed by atoms with Crippen molar-refractivity contribution in [1.29, 1.82) is 0 Å². The van der Waals surface area contributed by atoms with Crippen molar-refractivity contribution in [3.8, 4) is 0 Å². The molecule has 1 atom stereocenters. The number of ether oxygens (including phenoxy) is 1. The van der Waals surface area contributed by atoms with Crippen LogP contribution >= 0.6 is 11.6 Å². The summed E-state index contributed by atoms with van der Waals surface area (Å²) in [6.07, 6.45) is 3.44. The molecule has 0 aliphatic carbocycles. The summed E-state index contributed by atoms with van der Waals surface area (Å²) in [5.74, 6) is 0. The minimum Gasteiger partial charge on any atom is -0.359 e. The molecule has 3 heteroatoms. The van der Waals surface area contributed by atoms with Crippen molar-refractivity contribution in [3.05, 3.63) is 64.9 Å². The lowest BCUT2D eigenvalue weighted by atomic mass is 9.93. The largest absolute Gasteiger partial charge is 0.359 e. The first-order valence-electron chi connectivity index (χ1n) is 5.12. The Morgan fingerprint density at radius 1 is 1.12 bits per heavy atom. The Hall–Kier alpha value is -1.38. The summed E-state index contributed by atoms with van der Waals surface area (Å²) >= 11 is 5.95. The molecule has 1 aromatic heterocycles. The molecule has 0 bridgehead atoms. The van der Waals surface area contributed by atoms with Gasteiger partial charge in [-0.05, 0) is 11.6 Å². The highest BCUT2D eigenvalue weighted by Gasteiger charge is 2.48. The van der Waals surface area contributed by atoms with Crippen LogP contribution in [-0.2, 0) is 10.3 Å². The maximum Gasteiger partial charge on any atom is 0.143 e. The Morgan fingerprint density at radius 2 is 1.88 bits per heavy atom. The van der Waals surface area contributed by atoms with E-state index in [1.54, 1.807) is 6.20 Å². The Kier molecular flexibility index (Phi) is 2.20. The number of halogens is 1. The van der Waals surface area contributed by atoms with Crippen molar-refractivity contribution >= 4 is 11.6 Å². The van der Waals surface area contributed by atoms with Gasteiger partial charge in [0.15, 0.2) is 0 Å². The number of pyridine rings is 1. The van der Waals surface area contributed by atoms with Crippen molar-refractivity contribution in [2.24, 2.45) is 0 Å². The Labute approximate surface area is 98.8 Å². The zero-order valence-electron chi connectivity index (χ0n) is 8.56. The molecule has 1 aliphatic rings. The molecule has 0 radical (unpaired) electrons. The van der Waals surface area contributed by atoms with Crippen molar-refractivity contribution in [3.63, 3.8) is 0 Å². The molecule has 1 saturated heterocycles. The third kappa shape index (κ3) is 1.51. The molecule has 1 aromatic carbocycles. The number of hydrogen-bond donors (Lipinski definition) is 0. The van der Waals surface area contributed by atoms with Gasteiger partial charge in [-0.3, -0.25) is 4.98 Å². The highest BCUT2D eigenvalue weighted by atomic mass is 35.5. The van der Waals surface area contributed by atoms with E-state index in [0.717, 1.165) is 11.1 Å². The summed E-state index contributed by atoms with van der Waals surface area (Å²) in [6.45, 7) is 0.693. The standard InChI is InChI=1S/C13H10ClNO/c14-12-6-11(7-15-8-12)13(9-16-13)10-4-2-1-3-5-10/h1-8H,9H2. The van der Waals surface area contributed by atoms with Gasteiger partial charge in [0.1, 0.15) is 5.60 Å². The molecule has 2 nitrogen and oxygen atoms in total. The number of hydrogen-bond acceptors (Lipinski definition) is 2. The fraction of sp³-hybridized carbons (Fsp3) is 0.154. The fourth-order valence-electron chi connectivity index (χ4n) is 1.91. The van der Waals surface area contributed by atoms with Crippen molar-refractivity contribution in [1.82, 2.24) is 4.98 Å². The molecule has 1 aliphatic heterocycles. The first-order valence-corrected chi connectivity index (χ1v) is 5.50. The summed E-state index contributed by atoms with van der Waals surface area (Å²) in [7, 11) is 0. The summed E-state index contributed by atoms with van der Waals surface area (Å²) in [5.41, 5.74) is 1.85. The van der Waals surface area contributed by atoms with Crippen LogP contribution < -0.4 is 0 Å². The molecule has 80 valence electrons. The first-order chi connectivity index (χ1) is 7.81. The van der Waals surface area contributed by atoms with Gasteiger partial charge in [0.05, 0.1) is 11.6 Å². The average Bonchev–Trinajstić information content (AvgIpc) is 3.11. The molecule has 0 spiro atoms. The maximum absolute atomic E-state index is 5.95. The van der Waals surface area contributed by atoms with Crippen LogP contribution in [0.25, 0.3) is 0 Å². The average molecular weight is 232 g/mol. The van der Waals surface area contributed by atoms with Crippen LogP contribution in [0, 0.1) is 0 Å². The molecule has 3 rings (SSSR count). The minimum absolute atomic E-state index is 0.320. The molecule has 0 amide bonds. The fourth-order valence-corrected chi connectivity index (χ4v) is 2.09. The van der Waals surface area contributed by atoms with Gasteiger partial charge in [-0.2, -0.15) is 0 Å². The van der Waals surface area contributed by atoms with Gasteiger partial charge >= 0.3 is 0 Å². The van der Waals surface area contributed by atoms with Gasteiger partial charge < -0.3 is 4.74 Å². The third-order valence-electron chi connectivity index (χ3n) is 2.84. The van der Waals surface area contributed by atoms with E-state index in [-0.39, 0.29) is 5.60 Å². The zero-order valence-corrected chi connectivity index (χ0v) is 9.32. The molecule has 2 heterocycles. The van der Waals surface area contributed by atoms with Crippen molar-refractivity contribution in [2.75, 3.05) is 6.61 Å². The van der Waals surface area contributed by atoms with Crippen LogP contribution in [0.4, 0.5) is 0 Å². The van der Waals surface area contributed by atoms with Crippen LogP contribution in [-0.4, -0.2) is 11.6 Å². The molecule has 0 saturated carbocycles. The summed E-state index contributed by atoms with van der Waals surface area (Å²) in [6, 6.07) is 12.1. The molecule has 1 fully saturated rings. The lowest BCUT2D eigenvalue weighted by molar-refractivity contribution is 0.348. The minimum atomic E-state index is -0.320. The van der Waals surface area contributed by atoms with Crippen LogP contribution in [0.15, 0.2) is 48.8 Å². The number of epoxide rings is 1. The quantitative estimate of drug-likeness (QED) is 0.743. The SMILES string of the molecule is Clc1cncc(C2(c3ccccc3)CO2)c1. The van der Waals surface area contributed by atoms with E-state index in [4.69, 9.17) is 16.3 Å². The highest BCUT2D eigenvalue weighted by Crippen LogP contribution is 2.45. The van der Waals surface area contributed by atoms with E-state index in [9.17, 15) is 0 Å². The number of nitrogens with zero attached hydrogens (tertiary/aromatic N) is 1. The smallest absolute Gasteiger partial charge is 0.143 e. The molecule has 16 heavy (non-hydrogen) atoms. The van der Waals surface area contributed by atoms with E-state index in [0.29, 0.717) is 11.6 Å². The normalized spacial score (nSPS) is 23.1. The van der Waals surface area contributed by atoms with E-state index in [2.05, 4.69) is 17.1 Å². The van der Waals surface area contributed by atoms with E-state index in [1.165, 1.54) is 0 Å². The Balaban J connectivity index is 2.07. The van der Waals surface area contributed by atoms with Gasteiger partial charge in [-0.15, -0.1) is 0 Å². The maximum atomic E-state index is 5.95. The molecule has 0 N–H and O–H groups in total. The second-order valence-corrected chi connectivity index (χ2v) is 4.31. The third-order valence-corrected chi connectivity index (χ3v) is 3.05. The van der Waals surface area contributed by atoms with Crippen LogP contribution in [0.2, 0.25) is 5.02 Å². The molecule has 2 aromatic rings. The molecular formula is C13H10ClNO. The van der Waals surface area contributed by atoms with Crippen LogP contribution in [0.1, 0.15) is 11.1 Å². The van der Waals surface area contributed by atoms with Gasteiger partial charge in [0.25, 0.3) is 0 Å². The van der Waals surface area contributed by atoms with E-state index >= 15 is 0 Å².